The van der Waals surface area contributed by atoms with Gasteiger partial charge in [-0.05, 0) is 18.2 Å². The van der Waals surface area contributed by atoms with E-state index in [1.165, 1.54) is 6.07 Å². The lowest BCUT2D eigenvalue weighted by atomic mass is 10.2. The molecule has 0 amide bonds. The summed E-state index contributed by atoms with van der Waals surface area (Å²) in [4.78, 5) is 11.6. The standard InChI is InChI=1S/C12H7NO3/c14-9-5-3-7-11-12(9)13(15)8-4-1-2-6-10(8)16-11/h1-7H. The minimum Gasteiger partial charge on any atom is -0.618 e. The Morgan fingerprint density at radius 1 is 1.06 bits per heavy atom. The van der Waals surface area contributed by atoms with Crippen molar-refractivity contribution in [2.75, 3.05) is 0 Å². The van der Waals surface area contributed by atoms with Gasteiger partial charge >= 0.3 is 5.69 Å². The smallest absolute Gasteiger partial charge is 0.307 e. The highest BCUT2D eigenvalue weighted by Gasteiger charge is 2.21. The lowest BCUT2D eigenvalue weighted by Gasteiger charge is -2.07. The molecule has 0 atom stereocenters. The molecular formula is C12H7NO3. The molecule has 3 rings (SSSR count). The molecule has 0 spiro atoms. The normalized spacial score (nSPS) is 11.0. The summed E-state index contributed by atoms with van der Waals surface area (Å²) in [5.74, 6) is 0.307. The number of para-hydroxylation sites is 3. The van der Waals surface area contributed by atoms with Crippen LogP contribution in [0.1, 0.15) is 0 Å². The maximum Gasteiger partial charge on any atom is 0.307 e. The molecule has 0 fully saturated rings. The van der Waals surface area contributed by atoms with E-state index in [0.29, 0.717) is 21.6 Å². The minimum atomic E-state index is -0.331. The van der Waals surface area contributed by atoms with E-state index < -0.39 is 0 Å². The topological polar surface area (TPSA) is 57.2 Å². The fourth-order valence-corrected chi connectivity index (χ4v) is 1.73. The lowest BCUT2D eigenvalue weighted by molar-refractivity contribution is -0.567. The van der Waals surface area contributed by atoms with E-state index in [-0.39, 0.29) is 11.1 Å². The third kappa shape index (κ3) is 1.10. The first-order valence-corrected chi connectivity index (χ1v) is 4.81. The number of benzene rings is 2. The Hall–Kier alpha value is -2.36. The second-order valence-corrected chi connectivity index (χ2v) is 3.47. The minimum absolute atomic E-state index is 0.0428. The van der Waals surface area contributed by atoms with Crippen molar-refractivity contribution in [2.45, 2.75) is 0 Å². The molecule has 1 aromatic carbocycles. The summed E-state index contributed by atoms with van der Waals surface area (Å²) in [5.41, 5.74) is 0.539. The van der Waals surface area contributed by atoms with Gasteiger partial charge in [-0.1, -0.05) is 18.2 Å². The molecule has 0 bridgehead atoms. The van der Waals surface area contributed by atoms with Crippen molar-refractivity contribution >= 4 is 11.1 Å². The highest BCUT2D eigenvalue weighted by molar-refractivity contribution is 5.71. The van der Waals surface area contributed by atoms with Crippen molar-refractivity contribution in [2.24, 2.45) is 0 Å². The Balaban J connectivity index is 2.62. The summed E-state index contributed by atoms with van der Waals surface area (Å²) in [5, 5.41) is 12.0. The van der Waals surface area contributed by atoms with Crippen molar-refractivity contribution in [1.82, 2.24) is 0 Å². The molecule has 0 N–H and O–H groups in total. The fourth-order valence-electron chi connectivity index (χ4n) is 1.73. The Bertz CT molecular complexity index is 702. The van der Waals surface area contributed by atoms with E-state index >= 15 is 0 Å². The molecule has 4 nitrogen and oxygen atoms in total. The van der Waals surface area contributed by atoms with E-state index in [2.05, 4.69) is 0 Å². The molecule has 0 unspecified atom stereocenters. The van der Waals surface area contributed by atoms with Gasteiger partial charge in [-0.15, -0.1) is 0 Å². The molecule has 4 heteroatoms. The van der Waals surface area contributed by atoms with Crippen molar-refractivity contribution in [3.05, 3.63) is 57.9 Å². The molecule has 78 valence electrons. The lowest BCUT2D eigenvalue weighted by Crippen LogP contribution is -2.35. The van der Waals surface area contributed by atoms with Crippen molar-refractivity contribution in [3.8, 4) is 11.5 Å². The monoisotopic (exact) mass is 213 g/mol. The molecule has 1 aliphatic carbocycles. The van der Waals surface area contributed by atoms with Gasteiger partial charge in [0.2, 0.25) is 5.76 Å². The third-order valence-electron chi connectivity index (χ3n) is 2.47. The van der Waals surface area contributed by atoms with E-state index in [9.17, 15) is 10.0 Å². The SMILES string of the molecule is O=c1cccc2oc3ccccc3[n+]([O-])c1-2. The zero-order valence-corrected chi connectivity index (χ0v) is 8.21. The highest BCUT2D eigenvalue weighted by atomic mass is 16.5. The van der Waals surface area contributed by atoms with Crippen LogP contribution < -0.4 is 10.2 Å². The number of nitrogens with zero attached hydrogens (tertiary/aromatic N) is 1. The van der Waals surface area contributed by atoms with E-state index in [4.69, 9.17) is 4.42 Å². The van der Waals surface area contributed by atoms with Crippen LogP contribution in [0.25, 0.3) is 22.6 Å². The summed E-state index contributed by atoms with van der Waals surface area (Å²) in [6, 6.07) is 11.4. The van der Waals surface area contributed by atoms with Gasteiger partial charge < -0.3 is 9.62 Å². The third-order valence-corrected chi connectivity index (χ3v) is 2.47. The summed E-state index contributed by atoms with van der Waals surface area (Å²) < 4.78 is 6.11. The van der Waals surface area contributed by atoms with Gasteiger partial charge in [-0.25, -0.2) is 0 Å². The van der Waals surface area contributed by atoms with Crippen LogP contribution in [-0.2, 0) is 0 Å². The highest BCUT2D eigenvalue weighted by Crippen LogP contribution is 2.19. The molecule has 0 saturated carbocycles. The van der Waals surface area contributed by atoms with Crippen LogP contribution in [0.15, 0.2) is 51.7 Å². The zero-order valence-electron chi connectivity index (χ0n) is 8.21. The molecule has 0 saturated heterocycles. The quantitative estimate of drug-likeness (QED) is 0.323. The van der Waals surface area contributed by atoms with Crippen molar-refractivity contribution in [3.63, 3.8) is 0 Å². The molecule has 2 aliphatic rings. The average Bonchev–Trinajstić information content (AvgIpc) is 2.29. The van der Waals surface area contributed by atoms with E-state index in [0.717, 1.165) is 0 Å². The molecule has 1 aromatic rings. The first-order chi connectivity index (χ1) is 7.77. The fraction of sp³-hybridized carbons (Fsp3) is 0. The van der Waals surface area contributed by atoms with Crippen LogP contribution in [-0.4, -0.2) is 0 Å². The molecule has 1 aliphatic heterocycles. The first kappa shape index (κ1) is 8.91. The molecule has 0 aromatic heterocycles. The van der Waals surface area contributed by atoms with Crippen molar-refractivity contribution < 1.29 is 9.15 Å². The van der Waals surface area contributed by atoms with Gasteiger partial charge in [0.25, 0.3) is 10.9 Å². The maximum absolute atomic E-state index is 12.0. The number of fused-ring (bicyclic) bond motifs is 2. The number of hydrogen-bond donors (Lipinski definition) is 0. The van der Waals surface area contributed by atoms with E-state index in [1.54, 1.807) is 36.4 Å². The van der Waals surface area contributed by atoms with Crippen LogP contribution in [0.4, 0.5) is 0 Å². The summed E-state index contributed by atoms with van der Waals surface area (Å²) in [6.07, 6.45) is 0. The Morgan fingerprint density at radius 2 is 1.88 bits per heavy atom. The number of aromatic nitrogens is 1. The Labute approximate surface area is 90.3 Å². The van der Waals surface area contributed by atoms with Gasteiger partial charge in [0, 0.05) is 6.07 Å². The van der Waals surface area contributed by atoms with Crippen LogP contribution in [0, 0.1) is 5.21 Å². The molecule has 0 radical (unpaired) electrons. The van der Waals surface area contributed by atoms with Gasteiger partial charge in [0.05, 0.1) is 0 Å². The van der Waals surface area contributed by atoms with Crippen LogP contribution >= 0.6 is 0 Å². The second-order valence-electron chi connectivity index (χ2n) is 3.47. The van der Waals surface area contributed by atoms with Gasteiger partial charge in [0.1, 0.15) is 0 Å². The van der Waals surface area contributed by atoms with Crippen molar-refractivity contribution in [1.29, 1.82) is 0 Å². The van der Waals surface area contributed by atoms with Crippen LogP contribution in [0.5, 0.6) is 0 Å². The average molecular weight is 213 g/mol. The molecular weight excluding hydrogens is 206 g/mol. The maximum atomic E-state index is 12.0. The second kappa shape index (κ2) is 3.06. The number of rotatable bonds is 0. The predicted molar refractivity (Wildman–Crippen MR) is 58.1 cm³/mol. The van der Waals surface area contributed by atoms with Gasteiger partial charge in [-0.2, -0.15) is 4.73 Å². The largest absolute Gasteiger partial charge is 0.618 e. The van der Waals surface area contributed by atoms with Gasteiger partial charge in [-0.3, -0.25) is 4.79 Å². The molecule has 1 heterocycles. The summed E-state index contributed by atoms with van der Waals surface area (Å²) in [7, 11) is 0. The van der Waals surface area contributed by atoms with Gasteiger partial charge in [0.15, 0.2) is 5.58 Å². The summed E-state index contributed by atoms with van der Waals surface area (Å²) >= 11 is 0. The molecule has 16 heavy (non-hydrogen) atoms. The zero-order chi connectivity index (χ0) is 11.1. The Morgan fingerprint density at radius 3 is 2.75 bits per heavy atom. The number of hydrogen-bond acceptors (Lipinski definition) is 3. The van der Waals surface area contributed by atoms with Crippen LogP contribution in [0.2, 0.25) is 0 Å². The first-order valence-electron chi connectivity index (χ1n) is 4.81. The predicted octanol–water partition coefficient (Wildman–Crippen LogP) is 1.53. The van der Waals surface area contributed by atoms with E-state index in [1.807, 2.05) is 0 Å². The van der Waals surface area contributed by atoms with Crippen LogP contribution in [0.3, 0.4) is 0 Å². The summed E-state index contributed by atoms with van der Waals surface area (Å²) in [6.45, 7) is 0. The Kier molecular flexibility index (Phi) is 1.71.